The van der Waals surface area contributed by atoms with Crippen molar-refractivity contribution in [3.8, 4) is 10.4 Å². The van der Waals surface area contributed by atoms with Crippen LogP contribution in [0, 0.1) is 0 Å². The average Bonchev–Trinajstić information content (AvgIpc) is 3.34. The Morgan fingerprint density at radius 1 is 1.17 bits per heavy atom. The highest BCUT2D eigenvalue weighted by Gasteiger charge is 2.28. The van der Waals surface area contributed by atoms with Crippen molar-refractivity contribution in [1.82, 2.24) is 15.0 Å². The van der Waals surface area contributed by atoms with Crippen LogP contribution in [0.1, 0.15) is 76.6 Å². The summed E-state index contributed by atoms with van der Waals surface area (Å²) >= 11 is 1.58. The third-order valence-corrected chi connectivity index (χ3v) is 9.62. The molecule has 1 amide bonds. The lowest BCUT2D eigenvalue weighted by Crippen LogP contribution is -2.38. The number of alkyl carbamates (subject to hydrolysis) is 1. The van der Waals surface area contributed by atoms with Gasteiger partial charge in [-0.1, -0.05) is 13.0 Å². The average molecular weight is 535 g/mol. The first-order valence-electron chi connectivity index (χ1n) is 13.1. The molecule has 0 spiro atoms. The Morgan fingerprint density at radius 2 is 1.89 bits per heavy atom. The molecule has 36 heavy (non-hydrogen) atoms. The lowest BCUT2D eigenvalue weighted by molar-refractivity contribution is 0.109. The number of carbonyl (C=O) groups is 1. The van der Waals surface area contributed by atoms with Crippen LogP contribution in [0.5, 0.6) is 0 Å². The minimum Gasteiger partial charge on any atom is -0.447 e. The minimum atomic E-state index is -3.64. The molecule has 2 N–H and O–H groups in total. The molecular formula is C26H38N4O4S2. The first kappa shape index (κ1) is 26.9. The van der Waals surface area contributed by atoms with Crippen molar-refractivity contribution in [2.45, 2.75) is 88.7 Å². The topological polar surface area (TPSA) is 101 Å². The second-order valence-electron chi connectivity index (χ2n) is 9.94. The number of aromatic nitrogens is 1. The highest BCUT2D eigenvalue weighted by atomic mass is 32.2. The van der Waals surface area contributed by atoms with E-state index in [1.807, 2.05) is 38.2 Å². The number of thiazole rings is 1. The molecule has 4 rings (SSSR count). The second kappa shape index (κ2) is 11.9. The monoisotopic (exact) mass is 534 g/mol. The first-order valence-corrected chi connectivity index (χ1v) is 15.4. The van der Waals surface area contributed by atoms with E-state index in [1.54, 1.807) is 18.3 Å². The number of benzene rings is 1. The molecule has 8 nitrogen and oxygen atoms in total. The lowest BCUT2D eigenvalue weighted by Gasteiger charge is -2.29. The van der Waals surface area contributed by atoms with E-state index in [4.69, 9.17) is 9.72 Å². The maximum atomic E-state index is 13.2. The molecule has 2 fully saturated rings. The Kier molecular flexibility index (Phi) is 8.90. The van der Waals surface area contributed by atoms with E-state index in [2.05, 4.69) is 14.9 Å². The van der Waals surface area contributed by atoms with Gasteiger partial charge in [-0.25, -0.2) is 22.9 Å². The third kappa shape index (κ3) is 6.58. The Bertz CT molecular complexity index is 1130. The fourth-order valence-corrected chi connectivity index (χ4v) is 7.52. The normalized spacial score (nSPS) is 20.9. The number of nitrogens with zero attached hydrogens (tertiary/aromatic N) is 2. The Hall–Kier alpha value is -2.17. The Balaban J connectivity index is 1.51. The molecule has 0 atom stereocenters. The second-order valence-corrected chi connectivity index (χ2v) is 12.7. The number of hydrogen-bond acceptors (Lipinski definition) is 7. The van der Waals surface area contributed by atoms with Gasteiger partial charge in [0.2, 0.25) is 10.0 Å². The van der Waals surface area contributed by atoms with Gasteiger partial charge in [0, 0.05) is 49.0 Å². The van der Waals surface area contributed by atoms with E-state index in [-0.39, 0.29) is 18.2 Å². The number of sulfonamides is 1. The zero-order chi connectivity index (χ0) is 25.7. The van der Waals surface area contributed by atoms with Crippen molar-refractivity contribution in [2.75, 3.05) is 24.5 Å². The van der Waals surface area contributed by atoms with Gasteiger partial charge in [-0.3, -0.25) is 0 Å². The number of amides is 1. The zero-order valence-electron chi connectivity index (χ0n) is 21.5. The molecule has 0 bridgehead atoms. The van der Waals surface area contributed by atoms with Crippen LogP contribution in [-0.4, -0.2) is 51.3 Å². The number of ether oxygens (including phenoxy) is 1. The zero-order valence-corrected chi connectivity index (χ0v) is 23.1. The van der Waals surface area contributed by atoms with E-state index in [0.29, 0.717) is 22.9 Å². The van der Waals surface area contributed by atoms with Gasteiger partial charge in [0.15, 0.2) is 0 Å². The fourth-order valence-electron chi connectivity index (χ4n) is 5.05. The van der Waals surface area contributed by atoms with Crippen LogP contribution in [0.2, 0.25) is 0 Å². The molecule has 10 heteroatoms. The van der Waals surface area contributed by atoms with Crippen molar-refractivity contribution in [1.29, 1.82) is 0 Å². The number of carbonyl (C=O) groups excluding carboxylic acids is 1. The Morgan fingerprint density at radius 3 is 2.56 bits per heavy atom. The maximum Gasteiger partial charge on any atom is 0.407 e. The predicted octanol–water partition coefficient (Wildman–Crippen LogP) is 5.26. The third-order valence-electron chi connectivity index (χ3n) is 6.84. The lowest BCUT2D eigenvalue weighted by atomic mass is 9.86. The van der Waals surface area contributed by atoms with Crippen LogP contribution in [0.3, 0.4) is 0 Å². The summed E-state index contributed by atoms with van der Waals surface area (Å²) in [6.45, 7) is 7.73. The number of hydrogen-bond donors (Lipinski definition) is 2. The molecule has 1 aliphatic carbocycles. The molecule has 2 heterocycles. The van der Waals surface area contributed by atoms with E-state index < -0.39 is 10.0 Å². The van der Waals surface area contributed by atoms with Gasteiger partial charge in [-0.15, -0.1) is 11.3 Å². The van der Waals surface area contributed by atoms with E-state index in [9.17, 15) is 13.2 Å². The van der Waals surface area contributed by atoms with Crippen molar-refractivity contribution < 1.29 is 17.9 Å². The summed E-state index contributed by atoms with van der Waals surface area (Å²) < 4.78 is 34.2. The molecule has 1 aromatic carbocycles. The molecule has 1 aliphatic heterocycles. The summed E-state index contributed by atoms with van der Waals surface area (Å²) in [4.78, 5) is 20.1. The number of piperidine rings is 1. The first-order chi connectivity index (χ1) is 17.3. The van der Waals surface area contributed by atoms with Gasteiger partial charge in [-0.05, 0) is 70.9 Å². The Labute approximate surface area is 218 Å². The summed E-state index contributed by atoms with van der Waals surface area (Å²) in [6, 6.07) is 5.92. The van der Waals surface area contributed by atoms with Gasteiger partial charge >= 0.3 is 6.09 Å². The molecule has 1 saturated heterocycles. The van der Waals surface area contributed by atoms with Gasteiger partial charge in [0.25, 0.3) is 0 Å². The molecule has 0 unspecified atom stereocenters. The molecule has 2 aromatic rings. The summed E-state index contributed by atoms with van der Waals surface area (Å²) in [6.07, 6.45) is 8.41. The SMILES string of the molecule is CCNS(=O)(=O)c1cc(N2CCCCC2)ccc1-c1cnc([C@H]2CC[C@H](NC(=O)OC(C)C)CC2)s1. The van der Waals surface area contributed by atoms with Crippen molar-refractivity contribution in [3.63, 3.8) is 0 Å². The summed E-state index contributed by atoms with van der Waals surface area (Å²) in [5.74, 6) is 0.310. The number of anilines is 1. The quantitative estimate of drug-likeness (QED) is 0.479. The molecule has 198 valence electrons. The van der Waals surface area contributed by atoms with Gasteiger partial charge in [0.1, 0.15) is 0 Å². The van der Waals surface area contributed by atoms with Gasteiger partial charge in [-0.2, -0.15) is 0 Å². The largest absolute Gasteiger partial charge is 0.447 e. The molecule has 2 aliphatic rings. The van der Waals surface area contributed by atoms with Gasteiger partial charge < -0.3 is 15.0 Å². The van der Waals surface area contributed by atoms with Crippen LogP contribution in [-0.2, 0) is 14.8 Å². The predicted molar refractivity (Wildman–Crippen MR) is 144 cm³/mol. The summed E-state index contributed by atoms with van der Waals surface area (Å²) in [7, 11) is -3.64. The van der Waals surface area contributed by atoms with E-state index in [1.165, 1.54) is 6.42 Å². The van der Waals surface area contributed by atoms with Crippen LogP contribution in [0.4, 0.5) is 10.5 Å². The van der Waals surface area contributed by atoms with E-state index in [0.717, 1.165) is 67.2 Å². The summed E-state index contributed by atoms with van der Waals surface area (Å²) in [5.41, 5.74) is 1.66. The highest BCUT2D eigenvalue weighted by molar-refractivity contribution is 7.89. The van der Waals surface area contributed by atoms with Gasteiger partial charge in [0.05, 0.1) is 20.9 Å². The van der Waals surface area contributed by atoms with Crippen LogP contribution < -0.4 is 14.9 Å². The number of rotatable bonds is 8. The molecule has 1 aromatic heterocycles. The molecule has 1 saturated carbocycles. The van der Waals surface area contributed by atoms with Crippen molar-refractivity contribution >= 4 is 33.1 Å². The minimum absolute atomic E-state index is 0.117. The number of nitrogens with one attached hydrogen (secondary N) is 2. The maximum absolute atomic E-state index is 13.2. The van der Waals surface area contributed by atoms with E-state index >= 15 is 0 Å². The van der Waals surface area contributed by atoms with Crippen LogP contribution in [0.25, 0.3) is 10.4 Å². The van der Waals surface area contributed by atoms with Crippen LogP contribution >= 0.6 is 11.3 Å². The highest BCUT2D eigenvalue weighted by Crippen LogP contribution is 2.40. The molecular weight excluding hydrogens is 496 g/mol. The summed E-state index contributed by atoms with van der Waals surface area (Å²) in [5, 5.41) is 3.99. The molecule has 0 radical (unpaired) electrons. The van der Waals surface area contributed by atoms with Crippen molar-refractivity contribution in [2.24, 2.45) is 0 Å². The fraction of sp³-hybridized carbons (Fsp3) is 0.615. The smallest absolute Gasteiger partial charge is 0.407 e. The van der Waals surface area contributed by atoms with Crippen LogP contribution in [0.15, 0.2) is 29.3 Å². The standard InChI is InChI=1S/C26H38N4O4S2/c1-4-28-36(32,33)24-16-21(30-14-6-5-7-15-30)12-13-22(24)23-17-27-25(35-23)19-8-10-20(11-9-19)29-26(31)34-18(2)3/h12-13,16-20,28H,4-11,14-15H2,1-3H3,(H,29,31)/t19-,20-. The van der Waals surface area contributed by atoms with Crippen molar-refractivity contribution in [3.05, 3.63) is 29.4 Å².